The highest BCUT2D eigenvalue weighted by molar-refractivity contribution is 5.87. The normalized spacial score (nSPS) is 37.5. The van der Waals surface area contributed by atoms with Gasteiger partial charge in [-0.15, -0.1) is 0 Å². The lowest BCUT2D eigenvalue weighted by Gasteiger charge is -2.55. The average Bonchev–Trinajstić information content (AvgIpc) is 2.36. The van der Waals surface area contributed by atoms with E-state index in [1.807, 2.05) is 0 Å². The van der Waals surface area contributed by atoms with Gasteiger partial charge in [0, 0.05) is 5.57 Å². The van der Waals surface area contributed by atoms with Crippen molar-refractivity contribution in [3.63, 3.8) is 0 Å². The molecular weight excluding hydrogens is 256 g/mol. The standard InChI is InChI=1S/C16H22O4/c1-10(2)14(17)19-9-20-15(18)16-6-11-3-12(7-16)5-13(4-11)8-16/h11-13H,1,3-9H2,2H3. The molecule has 4 fully saturated rings. The van der Waals surface area contributed by atoms with Gasteiger partial charge in [-0.3, -0.25) is 4.79 Å². The molecule has 0 atom stereocenters. The van der Waals surface area contributed by atoms with Crippen molar-refractivity contribution in [1.82, 2.24) is 0 Å². The minimum absolute atomic E-state index is 0.161. The van der Waals surface area contributed by atoms with Crippen molar-refractivity contribution in [3.05, 3.63) is 12.2 Å². The largest absolute Gasteiger partial charge is 0.427 e. The molecule has 0 amide bonds. The van der Waals surface area contributed by atoms with Gasteiger partial charge in [-0.25, -0.2) is 4.79 Å². The van der Waals surface area contributed by atoms with Crippen LogP contribution in [0.25, 0.3) is 0 Å². The van der Waals surface area contributed by atoms with Crippen molar-refractivity contribution >= 4 is 11.9 Å². The highest BCUT2D eigenvalue weighted by Gasteiger charge is 2.55. The Bertz CT molecular complexity index is 416. The van der Waals surface area contributed by atoms with E-state index in [0.29, 0.717) is 23.3 Å². The molecule has 20 heavy (non-hydrogen) atoms. The number of carbonyl (C=O) groups excluding carboxylic acids is 2. The first-order valence-electron chi connectivity index (χ1n) is 7.48. The second kappa shape index (κ2) is 4.90. The van der Waals surface area contributed by atoms with Gasteiger partial charge >= 0.3 is 11.9 Å². The summed E-state index contributed by atoms with van der Waals surface area (Å²) in [5.74, 6) is 1.43. The summed E-state index contributed by atoms with van der Waals surface area (Å²) in [6.45, 7) is 4.78. The van der Waals surface area contributed by atoms with Gasteiger partial charge in [0.25, 0.3) is 0 Å². The van der Waals surface area contributed by atoms with Gasteiger partial charge in [0.15, 0.2) is 0 Å². The van der Waals surface area contributed by atoms with E-state index in [4.69, 9.17) is 9.47 Å². The van der Waals surface area contributed by atoms with E-state index < -0.39 is 5.97 Å². The number of rotatable bonds is 4. The summed E-state index contributed by atoms with van der Waals surface area (Å²) >= 11 is 0. The molecule has 4 saturated carbocycles. The Morgan fingerprint density at radius 1 is 1.05 bits per heavy atom. The fourth-order valence-electron chi connectivity index (χ4n) is 4.77. The summed E-state index contributed by atoms with van der Waals surface area (Å²) in [7, 11) is 0. The molecular formula is C16H22O4. The summed E-state index contributed by atoms with van der Waals surface area (Å²) in [5, 5.41) is 0. The van der Waals surface area contributed by atoms with Crippen molar-refractivity contribution in [1.29, 1.82) is 0 Å². The second-order valence-electron chi connectivity index (χ2n) is 6.96. The number of esters is 2. The lowest BCUT2D eigenvalue weighted by atomic mass is 9.49. The highest BCUT2D eigenvalue weighted by atomic mass is 16.7. The zero-order valence-electron chi connectivity index (χ0n) is 12.0. The molecule has 4 nitrogen and oxygen atoms in total. The van der Waals surface area contributed by atoms with Crippen LogP contribution in [0.1, 0.15) is 45.4 Å². The van der Waals surface area contributed by atoms with Crippen LogP contribution in [0.5, 0.6) is 0 Å². The lowest BCUT2D eigenvalue weighted by Crippen LogP contribution is -2.50. The van der Waals surface area contributed by atoms with E-state index in [0.717, 1.165) is 19.3 Å². The fraction of sp³-hybridized carbons (Fsp3) is 0.750. The van der Waals surface area contributed by atoms with Gasteiger partial charge in [0.1, 0.15) is 0 Å². The Hall–Kier alpha value is -1.32. The Kier molecular flexibility index (Phi) is 3.35. The molecule has 4 aliphatic carbocycles. The number of ether oxygens (including phenoxy) is 2. The van der Waals surface area contributed by atoms with E-state index in [1.54, 1.807) is 6.92 Å². The average molecular weight is 278 g/mol. The van der Waals surface area contributed by atoms with Gasteiger partial charge in [-0.1, -0.05) is 6.58 Å². The molecule has 0 aliphatic heterocycles. The Balaban J connectivity index is 1.57. The summed E-state index contributed by atoms with van der Waals surface area (Å²) in [5.41, 5.74) is 0.0283. The molecule has 110 valence electrons. The Morgan fingerprint density at radius 2 is 1.55 bits per heavy atom. The van der Waals surface area contributed by atoms with Gasteiger partial charge in [-0.2, -0.15) is 0 Å². The van der Waals surface area contributed by atoms with E-state index >= 15 is 0 Å². The molecule has 0 aromatic carbocycles. The van der Waals surface area contributed by atoms with Gasteiger partial charge in [0.05, 0.1) is 5.41 Å². The molecule has 0 spiro atoms. The molecule has 0 saturated heterocycles. The second-order valence-corrected chi connectivity index (χ2v) is 6.96. The number of hydrogen-bond acceptors (Lipinski definition) is 4. The molecule has 4 heteroatoms. The summed E-state index contributed by atoms with van der Waals surface area (Å²) in [4.78, 5) is 23.7. The summed E-state index contributed by atoms with van der Waals surface area (Å²) < 4.78 is 10.1. The molecule has 4 bridgehead atoms. The molecule has 0 unspecified atom stereocenters. The van der Waals surface area contributed by atoms with E-state index in [1.165, 1.54) is 19.3 Å². The quantitative estimate of drug-likeness (QED) is 0.451. The predicted molar refractivity (Wildman–Crippen MR) is 72.5 cm³/mol. The highest BCUT2D eigenvalue weighted by Crippen LogP contribution is 2.60. The van der Waals surface area contributed by atoms with Crippen LogP contribution in [-0.4, -0.2) is 18.7 Å². The molecule has 0 aromatic rings. The maximum atomic E-state index is 12.4. The first-order valence-corrected chi connectivity index (χ1v) is 7.48. The zero-order chi connectivity index (χ0) is 14.3. The molecule has 0 aromatic heterocycles. The number of carbonyl (C=O) groups is 2. The molecule has 4 rings (SSSR count). The molecule has 4 aliphatic rings. The van der Waals surface area contributed by atoms with Crippen LogP contribution in [0.2, 0.25) is 0 Å². The van der Waals surface area contributed by atoms with Crippen LogP contribution in [-0.2, 0) is 19.1 Å². The third-order valence-corrected chi connectivity index (χ3v) is 5.20. The first-order chi connectivity index (χ1) is 9.48. The van der Waals surface area contributed by atoms with Crippen LogP contribution in [0.4, 0.5) is 0 Å². The zero-order valence-corrected chi connectivity index (χ0v) is 12.0. The molecule has 0 N–H and O–H groups in total. The summed E-state index contributed by atoms with van der Waals surface area (Å²) in [6.07, 6.45) is 6.76. The van der Waals surface area contributed by atoms with Crippen LogP contribution < -0.4 is 0 Å². The Morgan fingerprint density at radius 3 is 2.00 bits per heavy atom. The molecule has 0 radical (unpaired) electrons. The van der Waals surface area contributed by atoms with Gasteiger partial charge in [0.2, 0.25) is 6.79 Å². The monoisotopic (exact) mass is 278 g/mol. The van der Waals surface area contributed by atoms with Crippen LogP contribution in [0.15, 0.2) is 12.2 Å². The van der Waals surface area contributed by atoms with Crippen molar-refractivity contribution in [2.24, 2.45) is 23.2 Å². The van der Waals surface area contributed by atoms with Crippen molar-refractivity contribution < 1.29 is 19.1 Å². The maximum absolute atomic E-state index is 12.4. The van der Waals surface area contributed by atoms with Crippen molar-refractivity contribution in [2.45, 2.75) is 45.4 Å². The predicted octanol–water partition coefficient (Wildman–Crippen LogP) is 2.82. The minimum Gasteiger partial charge on any atom is -0.427 e. The van der Waals surface area contributed by atoms with E-state index in [9.17, 15) is 9.59 Å². The number of hydrogen-bond donors (Lipinski definition) is 0. The van der Waals surface area contributed by atoms with Crippen molar-refractivity contribution in [3.8, 4) is 0 Å². The van der Waals surface area contributed by atoms with Gasteiger partial charge < -0.3 is 9.47 Å². The summed E-state index contributed by atoms with van der Waals surface area (Å²) in [6, 6.07) is 0. The Labute approximate surface area is 119 Å². The third kappa shape index (κ3) is 2.36. The van der Waals surface area contributed by atoms with E-state index in [-0.39, 0.29) is 18.2 Å². The fourth-order valence-corrected chi connectivity index (χ4v) is 4.77. The van der Waals surface area contributed by atoms with Crippen LogP contribution >= 0.6 is 0 Å². The minimum atomic E-state index is -0.511. The van der Waals surface area contributed by atoms with Crippen molar-refractivity contribution in [2.75, 3.05) is 6.79 Å². The SMILES string of the molecule is C=C(C)C(=O)OCOC(=O)C12CC3CC(CC(C3)C1)C2. The topological polar surface area (TPSA) is 52.6 Å². The maximum Gasteiger partial charge on any atom is 0.335 e. The molecule has 0 heterocycles. The first kappa shape index (κ1) is 13.7. The van der Waals surface area contributed by atoms with E-state index in [2.05, 4.69) is 6.58 Å². The smallest absolute Gasteiger partial charge is 0.335 e. The third-order valence-electron chi connectivity index (χ3n) is 5.20. The van der Waals surface area contributed by atoms with Crippen LogP contribution in [0.3, 0.4) is 0 Å². The van der Waals surface area contributed by atoms with Crippen LogP contribution in [0, 0.1) is 23.2 Å². The lowest BCUT2D eigenvalue weighted by molar-refractivity contribution is -0.185. The van der Waals surface area contributed by atoms with Gasteiger partial charge in [-0.05, 0) is 63.2 Å².